The van der Waals surface area contributed by atoms with Gasteiger partial charge in [0.15, 0.2) is 9.84 Å². The van der Waals surface area contributed by atoms with Crippen molar-refractivity contribution < 1.29 is 13.2 Å². The van der Waals surface area contributed by atoms with Crippen LogP contribution in [0.3, 0.4) is 0 Å². The molecule has 1 aromatic heterocycles. The molecule has 2 heterocycles. The molecule has 0 aliphatic carbocycles. The van der Waals surface area contributed by atoms with Crippen LogP contribution in [0, 0.1) is 5.92 Å². The summed E-state index contributed by atoms with van der Waals surface area (Å²) in [5.41, 5.74) is 0. The number of thiazole rings is 1. The summed E-state index contributed by atoms with van der Waals surface area (Å²) in [5.74, 6) is -0.333. The van der Waals surface area contributed by atoms with Gasteiger partial charge in [-0.05, 0) is 12.8 Å². The normalized spacial score (nSPS) is 21.9. The third-order valence-electron chi connectivity index (χ3n) is 2.95. The Morgan fingerprint density at radius 3 is 3.00 bits per heavy atom. The number of carbonyl (C=O) groups is 1. The summed E-state index contributed by atoms with van der Waals surface area (Å²) < 4.78 is 22.5. The van der Waals surface area contributed by atoms with Crippen molar-refractivity contribution in [3.05, 3.63) is 16.6 Å². The number of aryl methyl sites for hydroxylation is 1. The van der Waals surface area contributed by atoms with E-state index in [0.717, 1.165) is 17.8 Å². The number of sulfone groups is 1. The number of carbonyl (C=O) groups excluding carboxylic acids is 1. The molecular formula is C11H16N2O3S2. The van der Waals surface area contributed by atoms with Crippen LogP contribution in [0.5, 0.6) is 0 Å². The standard InChI is InChI=1S/C11H16N2O3S2/c14-11(9-3-7-18(15,16)8-9)13-4-1-2-10-12-5-6-17-10/h5-6,9H,1-4,7-8H2,(H,13,14)/t9-/m0/s1. The van der Waals surface area contributed by atoms with Crippen LogP contribution in [0.15, 0.2) is 11.6 Å². The molecule has 18 heavy (non-hydrogen) atoms. The molecular weight excluding hydrogens is 272 g/mol. The topological polar surface area (TPSA) is 76.1 Å². The molecule has 100 valence electrons. The predicted molar refractivity (Wildman–Crippen MR) is 70.2 cm³/mol. The molecule has 5 nitrogen and oxygen atoms in total. The van der Waals surface area contributed by atoms with Gasteiger partial charge in [0.05, 0.1) is 22.4 Å². The van der Waals surface area contributed by atoms with E-state index in [1.165, 1.54) is 0 Å². The van der Waals surface area contributed by atoms with Gasteiger partial charge < -0.3 is 5.32 Å². The first-order chi connectivity index (χ1) is 8.57. The van der Waals surface area contributed by atoms with Gasteiger partial charge in [-0.15, -0.1) is 11.3 Å². The highest BCUT2D eigenvalue weighted by molar-refractivity contribution is 7.91. The highest BCUT2D eigenvalue weighted by Gasteiger charge is 2.32. The molecule has 0 radical (unpaired) electrons. The maximum atomic E-state index is 11.7. The summed E-state index contributed by atoms with van der Waals surface area (Å²) in [6, 6.07) is 0. The summed E-state index contributed by atoms with van der Waals surface area (Å²) in [6.07, 6.45) is 3.91. The Kier molecular flexibility index (Phi) is 4.34. The largest absolute Gasteiger partial charge is 0.356 e. The first-order valence-electron chi connectivity index (χ1n) is 5.93. The van der Waals surface area contributed by atoms with Gasteiger partial charge in [-0.25, -0.2) is 13.4 Å². The smallest absolute Gasteiger partial charge is 0.224 e. The van der Waals surface area contributed by atoms with Gasteiger partial charge in [-0.2, -0.15) is 0 Å². The second-order valence-corrected chi connectivity index (χ2v) is 7.63. The minimum absolute atomic E-state index is 0.00527. The molecule has 2 rings (SSSR count). The van der Waals surface area contributed by atoms with E-state index in [4.69, 9.17) is 0 Å². The summed E-state index contributed by atoms with van der Waals surface area (Å²) in [6.45, 7) is 0.578. The monoisotopic (exact) mass is 288 g/mol. The fourth-order valence-corrected chi connectivity index (χ4v) is 4.38. The van der Waals surface area contributed by atoms with Crippen LogP contribution in [-0.4, -0.2) is 37.4 Å². The van der Waals surface area contributed by atoms with Gasteiger partial charge in [0.2, 0.25) is 5.91 Å². The molecule has 0 saturated carbocycles. The molecule has 0 unspecified atom stereocenters. The zero-order chi connectivity index (χ0) is 13.0. The average Bonchev–Trinajstić information content (AvgIpc) is 2.93. The van der Waals surface area contributed by atoms with Crippen LogP contribution < -0.4 is 5.32 Å². The van der Waals surface area contributed by atoms with E-state index in [-0.39, 0.29) is 23.3 Å². The fraction of sp³-hybridized carbons (Fsp3) is 0.636. The lowest BCUT2D eigenvalue weighted by Gasteiger charge is -2.08. The van der Waals surface area contributed by atoms with Crippen LogP contribution in [0.2, 0.25) is 0 Å². The van der Waals surface area contributed by atoms with Crippen molar-refractivity contribution in [2.24, 2.45) is 5.92 Å². The number of hydrogen-bond donors (Lipinski definition) is 1. The zero-order valence-electron chi connectivity index (χ0n) is 9.96. The Bertz CT molecular complexity index is 496. The van der Waals surface area contributed by atoms with E-state index < -0.39 is 9.84 Å². The maximum absolute atomic E-state index is 11.7. The number of amides is 1. The lowest BCUT2D eigenvalue weighted by atomic mass is 10.1. The van der Waals surface area contributed by atoms with Crippen molar-refractivity contribution in [3.63, 3.8) is 0 Å². The molecule has 0 spiro atoms. The maximum Gasteiger partial charge on any atom is 0.224 e. The first kappa shape index (κ1) is 13.5. The van der Waals surface area contributed by atoms with Crippen molar-refractivity contribution >= 4 is 27.1 Å². The number of nitrogens with zero attached hydrogens (tertiary/aromatic N) is 1. The average molecular weight is 288 g/mol. The molecule has 1 atom stereocenters. The predicted octanol–water partition coefficient (Wildman–Crippen LogP) is 0.627. The van der Waals surface area contributed by atoms with Gasteiger partial charge >= 0.3 is 0 Å². The Labute approximate surface area is 111 Å². The highest BCUT2D eigenvalue weighted by Crippen LogP contribution is 2.18. The van der Waals surface area contributed by atoms with Crippen LogP contribution in [0.25, 0.3) is 0 Å². The van der Waals surface area contributed by atoms with E-state index in [1.807, 2.05) is 5.38 Å². The molecule has 1 aromatic rings. The van der Waals surface area contributed by atoms with Crippen molar-refractivity contribution in [2.75, 3.05) is 18.1 Å². The Hall–Kier alpha value is -0.950. The molecule has 1 N–H and O–H groups in total. The van der Waals surface area contributed by atoms with Gasteiger partial charge in [0.1, 0.15) is 0 Å². The third kappa shape index (κ3) is 3.78. The number of hydrogen-bond acceptors (Lipinski definition) is 5. The van der Waals surface area contributed by atoms with E-state index in [0.29, 0.717) is 13.0 Å². The zero-order valence-corrected chi connectivity index (χ0v) is 11.6. The molecule has 1 aliphatic heterocycles. The molecule has 7 heteroatoms. The van der Waals surface area contributed by atoms with Gasteiger partial charge in [0, 0.05) is 24.5 Å². The highest BCUT2D eigenvalue weighted by atomic mass is 32.2. The van der Waals surface area contributed by atoms with Crippen molar-refractivity contribution in [1.29, 1.82) is 0 Å². The summed E-state index contributed by atoms with van der Waals surface area (Å²) in [7, 11) is -2.98. The summed E-state index contributed by atoms with van der Waals surface area (Å²) in [5, 5.41) is 5.79. The molecule has 1 aliphatic rings. The summed E-state index contributed by atoms with van der Waals surface area (Å²) >= 11 is 1.60. The van der Waals surface area contributed by atoms with E-state index in [1.54, 1.807) is 17.5 Å². The second-order valence-electron chi connectivity index (χ2n) is 4.42. The Morgan fingerprint density at radius 2 is 2.39 bits per heavy atom. The van der Waals surface area contributed by atoms with Crippen LogP contribution in [0.1, 0.15) is 17.8 Å². The fourth-order valence-electron chi connectivity index (χ4n) is 1.97. The van der Waals surface area contributed by atoms with Crippen molar-refractivity contribution in [3.8, 4) is 0 Å². The van der Waals surface area contributed by atoms with Gasteiger partial charge in [0.25, 0.3) is 0 Å². The molecule has 0 aromatic carbocycles. The van der Waals surface area contributed by atoms with Crippen molar-refractivity contribution in [2.45, 2.75) is 19.3 Å². The Balaban J connectivity index is 1.66. The number of aromatic nitrogens is 1. The molecule has 0 bridgehead atoms. The van der Waals surface area contributed by atoms with E-state index >= 15 is 0 Å². The van der Waals surface area contributed by atoms with E-state index in [2.05, 4.69) is 10.3 Å². The SMILES string of the molecule is O=C(NCCCc1nccs1)[C@H]1CCS(=O)(=O)C1. The van der Waals surface area contributed by atoms with Crippen LogP contribution >= 0.6 is 11.3 Å². The minimum atomic E-state index is -2.98. The molecule has 1 saturated heterocycles. The molecule has 1 fully saturated rings. The second kappa shape index (κ2) is 5.79. The first-order valence-corrected chi connectivity index (χ1v) is 8.63. The number of rotatable bonds is 5. The van der Waals surface area contributed by atoms with Crippen LogP contribution in [-0.2, 0) is 21.1 Å². The van der Waals surface area contributed by atoms with Crippen LogP contribution in [0.4, 0.5) is 0 Å². The lowest BCUT2D eigenvalue weighted by Crippen LogP contribution is -2.32. The molecule has 1 amide bonds. The minimum Gasteiger partial charge on any atom is -0.356 e. The Morgan fingerprint density at radius 1 is 1.56 bits per heavy atom. The number of nitrogens with one attached hydrogen (secondary N) is 1. The van der Waals surface area contributed by atoms with Gasteiger partial charge in [-0.1, -0.05) is 0 Å². The third-order valence-corrected chi connectivity index (χ3v) is 5.56. The summed E-state index contributed by atoms with van der Waals surface area (Å²) in [4.78, 5) is 15.9. The quantitative estimate of drug-likeness (QED) is 0.806. The van der Waals surface area contributed by atoms with E-state index in [9.17, 15) is 13.2 Å². The van der Waals surface area contributed by atoms with Gasteiger partial charge in [-0.3, -0.25) is 4.79 Å². The van der Waals surface area contributed by atoms with Crippen molar-refractivity contribution in [1.82, 2.24) is 10.3 Å². The lowest BCUT2D eigenvalue weighted by molar-refractivity contribution is -0.124.